The highest BCUT2D eigenvalue weighted by molar-refractivity contribution is 4.88. The van der Waals surface area contributed by atoms with E-state index in [4.69, 9.17) is 14.6 Å². The molecular weight excluding hydrogens is 344 g/mol. The number of hydrogen-bond acceptors (Lipinski definition) is 5. The summed E-state index contributed by atoms with van der Waals surface area (Å²) < 4.78 is 11.0. The highest BCUT2D eigenvalue weighted by Gasteiger charge is 2.40. The normalized spacial score (nSPS) is 23.8. The third-order valence-electron chi connectivity index (χ3n) is 5.57. The van der Waals surface area contributed by atoms with E-state index in [2.05, 4.69) is 6.92 Å². The van der Waals surface area contributed by atoms with Crippen LogP contribution >= 0.6 is 0 Å². The van der Waals surface area contributed by atoms with Crippen molar-refractivity contribution in [2.24, 2.45) is 0 Å². The first-order valence-electron chi connectivity index (χ1n) is 11.4. The molecule has 3 N–H and O–H groups in total. The molecule has 27 heavy (non-hydrogen) atoms. The van der Waals surface area contributed by atoms with Crippen molar-refractivity contribution < 1.29 is 24.8 Å². The predicted octanol–water partition coefficient (Wildman–Crippen LogP) is 3.97. The summed E-state index contributed by atoms with van der Waals surface area (Å²) in [6.07, 6.45) is 15.5. The molecule has 1 aliphatic heterocycles. The van der Waals surface area contributed by atoms with Gasteiger partial charge in [-0.1, -0.05) is 90.4 Å². The highest BCUT2D eigenvalue weighted by Crippen LogP contribution is 2.20. The number of aliphatic hydroxyl groups is 3. The zero-order valence-electron chi connectivity index (χ0n) is 17.5. The maximum atomic E-state index is 10.0. The highest BCUT2D eigenvalue weighted by atomic mass is 16.6. The summed E-state index contributed by atoms with van der Waals surface area (Å²) in [6, 6.07) is 0. The van der Waals surface area contributed by atoms with Gasteiger partial charge in [0.15, 0.2) is 0 Å². The van der Waals surface area contributed by atoms with Crippen molar-refractivity contribution in [2.45, 2.75) is 121 Å². The molecule has 162 valence electrons. The van der Waals surface area contributed by atoms with Gasteiger partial charge in [0.25, 0.3) is 0 Å². The Balaban J connectivity index is 1.82. The molecule has 5 heteroatoms. The fourth-order valence-corrected chi connectivity index (χ4v) is 3.74. The molecular formula is C22H44O5. The molecule has 0 unspecified atom stereocenters. The Morgan fingerprint density at radius 2 is 1.33 bits per heavy atom. The molecule has 0 aromatic heterocycles. The summed E-state index contributed by atoms with van der Waals surface area (Å²) in [7, 11) is 0. The third kappa shape index (κ3) is 11.4. The van der Waals surface area contributed by atoms with Gasteiger partial charge in [0.2, 0.25) is 0 Å². The van der Waals surface area contributed by atoms with Gasteiger partial charge in [-0.05, 0) is 6.42 Å². The maximum Gasteiger partial charge on any atom is 0.114 e. The van der Waals surface area contributed by atoms with Crippen LogP contribution in [0.3, 0.4) is 0 Å². The maximum absolute atomic E-state index is 10.0. The molecule has 1 heterocycles. The van der Waals surface area contributed by atoms with Crippen molar-refractivity contribution >= 4 is 0 Å². The predicted molar refractivity (Wildman–Crippen MR) is 109 cm³/mol. The minimum atomic E-state index is -1.05. The smallest absolute Gasteiger partial charge is 0.114 e. The largest absolute Gasteiger partial charge is 0.394 e. The van der Waals surface area contributed by atoms with Gasteiger partial charge in [0.1, 0.15) is 24.4 Å². The zero-order valence-corrected chi connectivity index (χ0v) is 17.5. The molecule has 1 aliphatic rings. The van der Waals surface area contributed by atoms with Gasteiger partial charge in [-0.3, -0.25) is 0 Å². The first kappa shape index (κ1) is 24.8. The van der Waals surface area contributed by atoms with Crippen LogP contribution in [-0.2, 0) is 9.47 Å². The Morgan fingerprint density at radius 1 is 0.852 bits per heavy atom. The molecule has 0 amide bonds. The van der Waals surface area contributed by atoms with Gasteiger partial charge in [0.05, 0.1) is 13.2 Å². The number of unbranched alkanes of at least 4 members (excludes halogenated alkanes) is 13. The van der Waals surface area contributed by atoms with Crippen LogP contribution in [0.1, 0.15) is 96.8 Å². The lowest BCUT2D eigenvalue weighted by Crippen LogP contribution is -2.41. The van der Waals surface area contributed by atoms with E-state index in [9.17, 15) is 10.2 Å². The van der Waals surface area contributed by atoms with Gasteiger partial charge >= 0.3 is 0 Å². The van der Waals surface area contributed by atoms with Gasteiger partial charge in [-0.15, -0.1) is 0 Å². The van der Waals surface area contributed by atoms with E-state index in [1.807, 2.05) is 0 Å². The Labute approximate surface area is 166 Å². The van der Waals surface area contributed by atoms with E-state index in [1.165, 1.54) is 77.0 Å². The van der Waals surface area contributed by atoms with E-state index in [0.717, 1.165) is 12.8 Å². The summed E-state index contributed by atoms with van der Waals surface area (Å²) >= 11 is 0. The first-order valence-corrected chi connectivity index (χ1v) is 11.4. The second kappa shape index (κ2) is 16.7. The molecule has 5 nitrogen and oxygen atoms in total. The molecule has 0 aliphatic carbocycles. The third-order valence-corrected chi connectivity index (χ3v) is 5.57. The Kier molecular flexibility index (Phi) is 15.4. The summed E-state index contributed by atoms with van der Waals surface area (Å²) in [5.41, 5.74) is 0. The van der Waals surface area contributed by atoms with Crippen molar-refractivity contribution in [1.29, 1.82) is 0 Å². The quantitative estimate of drug-likeness (QED) is 0.310. The van der Waals surface area contributed by atoms with E-state index in [-0.39, 0.29) is 6.61 Å². The first-order chi connectivity index (χ1) is 13.2. The van der Waals surface area contributed by atoms with Crippen LogP contribution in [0, 0.1) is 0 Å². The Hall–Kier alpha value is -0.200. The summed E-state index contributed by atoms with van der Waals surface area (Å²) in [5.74, 6) is 0. The number of hydrogen-bond donors (Lipinski definition) is 3. The van der Waals surface area contributed by atoms with E-state index in [1.54, 1.807) is 0 Å². The van der Waals surface area contributed by atoms with E-state index >= 15 is 0 Å². The fraction of sp³-hybridized carbons (Fsp3) is 1.00. The molecule has 0 aromatic rings. The molecule has 1 saturated heterocycles. The number of aliphatic hydroxyl groups excluding tert-OH is 3. The topological polar surface area (TPSA) is 79.2 Å². The second-order valence-corrected chi connectivity index (χ2v) is 8.04. The monoisotopic (exact) mass is 388 g/mol. The van der Waals surface area contributed by atoms with Crippen molar-refractivity contribution in [1.82, 2.24) is 0 Å². The molecule has 0 aromatic carbocycles. The minimum absolute atomic E-state index is 0.279. The molecule has 0 spiro atoms. The van der Waals surface area contributed by atoms with Gasteiger partial charge in [0, 0.05) is 6.61 Å². The minimum Gasteiger partial charge on any atom is -0.394 e. The standard InChI is InChI=1S/C22H44O5/c1-2-3-4-5-6-7-8-9-10-11-12-13-14-15-16-26-20-18-27-22(21(20)25)19(24)17-23/h19-25H,2-18H2,1H3/t19-,20+,21+,22+/m1/s1. The molecule has 1 fully saturated rings. The summed E-state index contributed by atoms with van der Waals surface area (Å²) in [6.45, 7) is 2.75. The fourth-order valence-electron chi connectivity index (χ4n) is 3.74. The van der Waals surface area contributed by atoms with Crippen LogP contribution in [0.4, 0.5) is 0 Å². The lowest BCUT2D eigenvalue weighted by atomic mass is 10.0. The van der Waals surface area contributed by atoms with E-state index < -0.39 is 31.0 Å². The van der Waals surface area contributed by atoms with Crippen molar-refractivity contribution in [3.8, 4) is 0 Å². The molecule has 1 rings (SSSR count). The summed E-state index contributed by atoms with van der Waals surface area (Å²) in [4.78, 5) is 0. The molecule has 0 saturated carbocycles. The van der Waals surface area contributed by atoms with E-state index in [0.29, 0.717) is 6.61 Å². The van der Waals surface area contributed by atoms with Crippen molar-refractivity contribution in [3.63, 3.8) is 0 Å². The molecule has 0 radical (unpaired) electrons. The average molecular weight is 389 g/mol. The van der Waals surface area contributed by atoms with Crippen LogP contribution < -0.4 is 0 Å². The van der Waals surface area contributed by atoms with Crippen molar-refractivity contribution in [3.05, 3.63) is 0 Å². The second-order valence-electron chi connectivity index (χ2n) is 8.04. The molecule has 0 bridgehead atoms. The van der Waals surface area contributed by atoms with Gasteiger partial charge in [-0.25, -0.2) is 0 Å². The van der Waals surface area contributed by atoms with Crippen LogP contribution in [-0.4, -0.2) is 59.6 Å². The Bertz CT molecular complexity index is 326. The zero-order chi connectivity index (χ0) is 19.7. The Morgan fingerprint density at radius 3 is 1.81 bits per heavy atom. The number of rotatable bonds is 18. The molecule has 4 atom stereocenters. The van der Waals surface area contributed by atoms with Gasteiger partial charge < -0.3 is 24.8 Å². The SMILES string of the molecule is CCCCCCCCCCCCCCCCO[C@H]1CO[C@@H]([C@H](O)CO)[C@H]1O. The van der Waals surface area contributed by atoms with Crippen LogP contribution in [0.15, 0.2) is 0 Å². The van der Waals surface area contributed by atoms with Crippen molar-refractivity contribution in [2.75, 3.05) is 19.8 Å². The summed E-state index contributed by atoms with van der Waals surface area (Å²) in [5, 5.41) is 28.5. The van der Waals surface area contributed by atoms with Crippen LogP contribution in [0.5, 0.6) is 0 Å². The average Bonchev–Trinajstić information content (AvgIpc) is 3.04. The van der Waals surface area contributed by atoms with Crippen LogP contribution in [0.2, 0.25) is 0 Å². The lowest BCUT2D eigenvalue weighted by Gasteiger charge is -2.20. The lowest BCUT2D eigenvalue weighted by molar-refractivity contribution is -0.0730. The van der Waals surface area contributed by atoms with Crippen LogP contribution in [0.25, 0.3) is 0 Å². The number of ether oxygens (including phenoxy) is 2. The van der Waals surface area contributed by atoms with Gasteiger partial charge in [-0.2, -0.15) is 0 Å².